The highest BCUT2D eigenvalue weighted by atomic mass is 16.5. The van der Waals surface area contributed by atoms with Gasteiger partial charge in [0.25, 0.3) is 0 Å². The molecule has 5 heteroatoms. The van der Waals surface area contributed by atoms with Crippen LogP contribution < -0.4 is 4.74 Å². The molecule has 0 bridgehead atoms. The molecule has 20 heavy (non-hydrogen) atoms. The fourth-order valence-electron chi connectivity index (χ4n) is 2.72. The second-order valence-electron chi connectivity index (χ2n) is 5.21. The Labute approximate surface area is 118 Å². The predicted molar refractivity (Wildman–Crippen MR) is 74.7 cm³/mol. The van der Waals surface area contributed by atoms with E-state index < -0.39 is 18.0 Å². The minimum atomic E-state index is -0.936. The number of nitrogens with zero attached hydrogens (tertiary/aromatic N) is 1. The summed E-state index contributed by atoms with van der Waals surface area (Å²) in [6.07, 6.45) is -0.373. The molecular weight excluding hydrogens is 258 g/mol. The topological polar surface area (TPSA) is 70.0 Å². The maximum absolute atomic E-state index is 11.1. The van der Waals surface area contributed by atoms with Crippen LogP contribution in [0.1, 0.15) is 24.9 Å². The summed E-state index contributed by atoms with van der Waals surface area (Å²) in [5.74, 6) is -0.827. The smallest absolute Gasteiger partial charge is 0.310 e. The summed E-state index contributed by atoms with van der Waals surface area (Å²) < 4.78 is 5.40. The monoisotopic (exact) mass is 279 g/mol. The summed E-state index contributed by atoms with van der Waals surface area (Å²) in [6.45, 7) is 2.92. The third-order valence-corrected chi connectivity index (χ3v) is 3.84. The molecule has 110 valence electrons. The molecule has 1 aromatic carbocycles. The SMILES string of the molecule is CCOc1ccc(C2CC(O)C(C(=O)O)CN2C)cc1. The van der Waals surface area contributed by atoms with Crippen LogP contribution in [0, 0.1) is 5.92 Å². The van der Waals surface area contributed by atoms with Gasteiger partial charge < -0.3 is 14.9 Å². The third kappa shape index (κ3) is 3.11. The molecule has 0 aromatic heterocycles. The molecule has 1 fully saturated rings. The van der Waals surface area contributed by atoms with Gasteiger partial charge in [0.05, 0.1) is 18.6 Å². The molecule has 1 heterocycles. The van der Waals surface area contributed by atoms with Crippen LogP contribution in [0.25, 0.3) is 0 Å². The molecule has 0 radical (unpaired) electrons. The van der Waals surface area contributed by atoms with E-state index in [1.165, 1.54) is 0 Å². The van der Waals surface area contributed by atoms with E-state index in [9.17, 15) is 9.90 Å². The number of aliphatic hydroxyl groups excluding tert-OH is 1. The minimum absolute atomic E-state index is 0.0382. The van der Waals surface area contributed by atoms with Gasteiger partial charge in [-0.1, -0.05) is 12.1 Å². The van der Waals surface area contributed by atoms with Gasteiger partial charge in [-0.25, -0.2) is 0 Å². The van der Waals surface area contributed by atoms with Crippen LogP contribution in [0.5, 0.6) is 5.75 Å². The van der Waals surface area contributed by atoms with E-state index in [0.717, 1.165) is 11.3 Å². The molecule has 1 aliphatic heterocycles. The first-order valence-corrected chi connectivity index (χ1v) is 6.86. The fraction of sp³-hybridized carbons (Fsp3) is 0.533. The Balaban J connectivity index is 2.11. The van der Waals surface area contributed by atoms with Crippen LogP contribution in [0.15, 0.2) is 24.3 Å². The maximum Gasteiger partial charge on any atom is 0.310 e. The second-order valence-corrected chi connectivity index (χ2v) is 5.21. The number of rotatable bonds is 4. The van der Waals surface area contributed by atoms with Crippen molar-refractivity contribution in [2.45, 2.75) is 25.5 Å². The van der Waals surface area contributed by atoms with E-state index in [1.807, 2.05) is 43.1 Å². The highest BCUT2D eigenvalue weighted by Gasteiger charge is 2.37. The van der Waals surface area contributed by atoms with E-state index in [0.29, 0.717) is 19.6 Å². The number of carboxylic acids is 1. The summed E-state index contributed by atoms with van der Waals surface area (Å²) in [4.78, 5) is 13.1. The van der Waals surface area contributed by atoms with Gasteiger partial charge in [-0.3, -0.25) is 9.69 Å². The number of likely N-dealkylation sites (tertiary alicyclic amines) is 1. The number of carboxylic acid groups (broad SMARTS) is 1. The van der Waals surface area contributed by atoms with Crippen LogP contribution in [-0.4, -0.2) is 47.4 Å². The number of aliphatic carboxylic acids is 1. The Morgan fingerprint density at radius 2 is 2.05 bits per heavy atom. The van der Waals surface area contributed by atoms with Gasteiger partial charge in [0.15, 0.2) is 0 Å². The van der Waals surface area contributed by atoms with E-state index in [1.54, 1.807) is 0 Å². The quantitative estimate of drug-likeness (QED) is 0.874. The van der Waals surface area contributed by atoms with Gasteiger partial charge in [-0.15, -0.1) is 0 Å². The molecule has 0 amide bonds. The van der Waals surface area contributed by atoms with Crippen molar-refractivity contribution in [2.75, 3.05) is 20.2 Å². The molecule has 5 nitrogen and oxygen atoms in total. The second kappa shape index (κ2) is 6.24. The Morgan fingerprint density at radius 1 is 1.40 bits per heavy atom. The van der Waals surface area contributed by atoms with E-state index in [4.69, 9.17) is 9.84 Å². The largest absolute Gasteiger partial charge is 0.494 e. The third-order valence-electron chi connectivity index (χ3n) is 3.84. The van der Waals surface area contributed by atoms with Gasteiger partial charge in [-0.2, -0.15) is 0 Å². The Bertz CT molecular complexity index is 459. The van der Waals surface area contributed by atoms with Crippen molar-refractivity contribution in [3.05, 3.63) is 29.8 Å². The van der Waals surface area contributed by atoms with Crippen molar-refractivity contribution in [1.82, 2.24) is 4.90 Å². The van der Waals surface area contributed by atoms with Crippen LogP contribution in [-0.2, 0) is 4.79 Å². The number of piperidine rings is 1. The van der Waals surface area contributed by atoms with Gasteiger partial charge in [-0.05, 0) is 38.1 Å². The Morgan fingerprint density at radius 3 is 2.60 bits per heavy atom. The summed E-state index contributed by atoms with van der Waals surface area (Å²) in [5.41, 5.74) is 1.07. The summed E-state index contributed by atoms with van der Waals surface area (Å²) >= 11 is 0. The molecular formula is C15H21NO4. The van der Waals surface area contributed by atoms with Crippen LogP contribution >= 0.6 is 0 Å². The number of hydrogen-bond acceptors (Lipinski definition) is 4. The summed E-state index contributed by atoms with van der Waals surface area (Å²) in [5, 5.41) is 19.1. The Kier molecular flexibility index (Phi) is 4.62. The molecule has 1 saturated heterocycles. The van der Waals surface area contributed by atoms with Crippen LogP contribution in [0.4, 0.5) is 0 Å². The lowest BCUT2D eigenvalue weighted by atomic mass is 9.87. The van der Waals surface area contributed by atoms with E-state index in [-0.39, 0.29) is 6.04 Å². The van der Waals surface area contributed by atoms with Crippen molar-refractivity contribution in [1.29, 1.82) is 0 Å². The maximum atomic E-state index is 11.1. The summed E-state index contributed by atoms with van der Waals surface area (Å²) in [7, 11) is 1.89. The van der Waals surface area contributed by atoms with Gasteiger partial charge in [0.2, 0.25) is 0 Å². The first-order valence-electron chi connectivity index (χ1n) is 6.86. The van der Waals surface area contributed by atoms with Gasteiger partial charge in [0.1, 0.15) is 5.75 Å². The van der Waals surface area contributed by atoms with Crippen LogP contribution in [0.2, 0.25) is 0 Å². The molecule has 0 saturated carbocycles. The van der Waals surface area contributed by atoms with Gasteiger partial charge >= 0.3 is 5.97 Å². The molecule has 1 aliphatic rings. The first kappa shape index (κ1) is 14.8. The number of aliphatic hydroxyl groups is 1. The van der Waals surface area contributed by atoms with Crippen LogP contribution in [0.3, 0.4) is 0 Å². The number of ether oxygens (including phenoxy) is 1. The van der Waals surface area contributed by atoms with E-state index in [2.05, 4.69) is 0 Å². The molecule has 3 unspecified atom stereocenters. The van der Waals surface area contributed by atoms with Crippen molar-refractivity contribution in [3.63, 3.8) is 0 Å². The first-order chi connectivity index (χ1) is 9.52. The van der Waals surface area contributed by atoms with Crippen molar-refractivity contribution >= 4 is 5.97 Å². The van der Waals surface area contributed by atoms with Crippen molar-refractivity contribution in [2.24, 2.45) is 5.92 Å². The highest BCUT2D eigenvalue weighted by molar-refractivity contribution is 5.71. The zero-order valence-electron chi connectivity index (χ0n) is 11.8. The number of benzene rings is 1. The predicted octanol–water partition coefficient (Wildman–Crippen LogP) is 1.52. The fourth-order valence-corrected chi connectivity index (χ4v) is 2.72. The molecule has 0 aliphatic carbocycles. The average Bonchev–Trinajstić information content (AvgIpc) is 2.42. The molecule has 3 atom stereocenters. The number of carbonyl (C=O) groups is 1. The molecule has 1 aromatic rings. The lowest BCUT2D eigenvalue weighted by Crippen LogP contribution is -2.46. The Hall–Kier alpha value is -1.59. The van der Waals surface area contributed by atoms with Crippen molar-refractivity contribution in [3.8, 4) is 5.75 Å². The van der Waals surface area contributed by atoms with Gasteiger partial charge in [0, 0.05) is 12.6 Å². The van der Waals surface area contributed by atoms with E-state index >= 15 is 0 Å². The molecule has 2 N–H and O–H groups in total. The van der Waals surface area contributed by atoms with Crippen molar-refractivity contribution < 1.29 is 19.7 Å². The lowest BCUT2D eigenvalue weighted by molar-refractivity contribution is -0.150. The lowest BCUT2D eigenvalue weighted by Gasteiger charge is -2.38. The zero-order chi connectivity index (χ0) is 14.7. The highest BCUT2D eigenvalue weighted by Crippen LogP contribution is 2.33. The molecule has 2 rings (SSSR count). The standard InChI is InChI=1S/C15H21NO4/c1-3-20-11-6-4-10(5-7-11)13-8-14(17)12(15(18)19)9-16(13)2/h4-7,12-14,17H,3,8-9H2,1-2H3,(H,18,19). The molecule has 0 spiro atoms. The average molecular weight is 279 g/mol. The normalized spacial score (nSPS) is 27.2. The summed E-state index contributed by atoms with van der Waals surface area (Å²) in [6, 6.07) is 7.79. The minimum Gasteiger partial charge on any atom is -0.494 e. The number of hydrogen-bond donors (Lipinski definition) is 2. The zero-order valence-corrected chi connectivity index (χ0v) is 11.8.